The number of amides is 1. The minimum atomic E-state index is -3.24. The van der Waals surface area contributed by atoms with Crippen LogP contribution in [0.1, 0.15) is 39.8 Å². The highest BCUT2D eigenvalue weighted by atomic mass is 32.2. The van der Waals surface area contributed by atoms with Crippen LogP contribution in [-0.2, 0) is 9.84 Å². The molecule has 1 unspecified atom stereocenters. The molecule has 6 nitrogen and oxygen atoms in total. The lowest BCUT2D eigenvalue weighted by Crippen LogP contribution is -2.47. The Balaban J connectivity index is 2.21. The van der Waals surface area contributed by atoms with Gasteiger partial charge in [0.05, 0.1) is 15.2 Å². The predicted octanol–water partition coefficient (Wildman–Crippen LogP) is 1.48. The van der Waals surface area contributed by atoms with Crippen LogP contribution in [0.25, 0.3) is 0 Å². The summed E-state index contributed by atoms with van der Waals surface area (Å²) in [6.07, 6.45) is 2.30. The Morgan fingerprint density at radius 3 is 2.38 bits per heavy atom. The van der Waals surface area contributed by atoms with Gasteiger partial charge in [-0.05, 0) is 25.8 Å². The van der Waals surface area contributed by atoms with E-state index in [0.717, 1.165) is 11.3 Å². The van der Waals surface area contributed by atoms with Crippen LogP contribution in [0, 0.1) is 0 Å². The molecule has 8 heteroatoms. The molecule has 1 heterocycles. The maximum absolute atomic E-state index is 12.4. The second-order valence-electron chi connectivity index (χ2n) is 5.43. The average molecular weight is 331 g/mol. The van der Waals surface area contributed by atoms with E-state index < -0.39 is 26.6 Å². The van der Waals surface area contributed by atoms with E-state index in [0.29, 0.717) is 17.7 Å². The lowest BCUT2D eigenvalue weighted by atomic mass is 10.1. The monoisotopic (exact) mass is 331 g/mol. The van der Waals surface area contributed by atoms with E-state index in [-0.39, 0.29) is 11.5 Å². The molecular formula is C13H17NO5S2. The van der Waals surface area contributed by atoms with Gasteiger partial charge in [-0.3, -0.25) is 4.79 Å². The largest absolute Gasteiger partial charge is 0.478 e. The van der Waals surface area contributed by atoms with Gasteiger partial charge in [-0.1, -0.05) is 0 Å². The van der Waals surface area contributed by atoms with Crippen molar-refractivity contribution in [3.05, 3.63) is 21.9 Å². The molecule has 21 heavy (non-hydrogen) atoms. The van der Waals surface area contributed by atoms with Crippen LogP contribution in [0.3, 0.4) is 0 Å². The van der Waals surface area contributed by atoms with Crippen LogP contribution in [0.15, 0.2) is 11.4 Å². The van der Waals surface area contributed by atoms with Crippen molar-refractivity contribution in [1.82, 2.24) is 4.90 Å². The van der Waals surface area contributed by atoms with E-state index in [2.05, 4.69) is 0 Å². The van der Waals surface area contributed by atoms with Gasteiger partial charge in [-0.2, -0.15) is 0 Å². The van der Waals surface area contributed by atoms with Gasteiger partial charge in [0.15, 0.2) is 9.84 Å². The number of thiophene rings is 1. The zero-order chi connectivity index (χ0) is 16.0. The maximum atomic E-state index is 12.4. The number of nitrogens with zero attached hydrogens (tertiary/aromatic N) is 1. The van der Waals surface area contributed by atoms with Crippen molar-refractivity contribution in [3.63, 3.8) is 0 Å². The maximum Gasteiger partial charge on any atom is 0.336 e. The number of carbonyl (C=O) groups excluding carboxylic acids is 1. The minimum absolute atomic E-state index is 0.0636. The smallest absolute Gasteiger partial charge is 0.336 e. The summed E-state index contributed by atoms with van der Waals surface area (Å²) < 4.78 is 22.9. The fourth-order valence-corrected chi connectivity index (χ4v) is 4.97. The van der Waals surface area contributed by atoms with E-state index >= 15 is 0 Å². The van der Waals surface area contributed by atoms with Crippen molar-refractivity contribution < 1.29 is 23.1 Å². The molecule has 1 atom stereocenters. The van der Waals surface area contributed by atoms with E-state index in [1.54, 1.807) is 14.0 Å². The second kappa shape index (κ2) is 5.10. The molecule has 0 radical (unpaired) electrons. The summed E-state index contributed by atoms with van der Waals surface area (Å²) >= 11 is 1.05. The van der Waals surface area contributed by atoms with Crippen molar-refractivity contribution in [2.45, 2.75) is 30.6 Å². The summed E-state index contributed by atoms with van der Waals surface area (Å²) in [5.41, 5.74) is 0.0636. The quantitative estimate of drug-likeness (QED) is 0.882. The van der Waals surface area contributed by atoms with E-state index in [4.69, 9.17) is 5.11 Å². The summed E-state index contributed by atoms with van der Waals surface area (Å²) in [7, 11) is -1.69. The Labute approximate surface area is 127 Å². The lowest BCUT2D eigenvalue weighted by Gasteiger charge is -2.30. The van der Waals surface area contributed by atoms with Gasteiger partial charge in [0.25, 0.3) is 5.91 Å². The van der Waals surface area contributed by atoms with Crippen LogP contribution >= 0.6 is 11.3 Å². The first-order chi connectivity index (χ1) is 9.60. The number of sulfone groups is 1. The van der Waals surface area contributed by atoms with Gasteiger partial charge in [-0.25, -0.2) is 13.2 Å². The topological polar surface area (TPSA) is 91.8 Å². The third-order valence-corrected chi connectivity index (χ3v) is 7.35. The highest BCUT2D eigenvalue weighted by Crippen LogP contribution is 2.47. The molecule has 2 rings (SSSR count). The molecule has 1 aliphatic rings. The molecule has 1 fully saturated rings. The zero-order valence-electron chi connectivity index (χ0n) is 12.0. The molecule has 1 amide bonds. The van der Waals surface area contributed by atoms with Crippen molar-refractivity contribution in [2.75, 3.05) is 13.3 Å². The van der Waals surface area contributed by atoms with Crippen LogP contribution in [0.4, 0.5) is 0 Å². The number of hydrogen-bond acceptors (Lipinski definition) is 5. The Kier molecular flexibility index (Phi) is 3.88. The predicted molar refractivity (Wildman–Crippen MR) is 79.6 cm³/mol. The molecule has 0 aromatic carbocycles. The number of carbonyl (C=O) groups is 2. The highest BCUT2D eigenvalue weighted by molar-refractivity contribution is 7.92. The first-order valence-electron chi connectivity index (χ1n) is 6.39. The molecule has 0 saturated heterocycles. The van der Waals surface area contributed by atoms with E-state index in [1.165, 1.54) is 22.6 Å². The van der Waals surface area contributed by atoms with E-state index in [1.807, 2.05) is 0 Å². The first kappa shape index (κ1) is 16.0. The molecule has 1 aromatic heterocycles. The van der Waals surface area contributed by atoms with Gasteiger partial charge >= 0.3 is 5.97 Å². The number of rotatable bonds is 5. The summed E-state index contributed by atoms with van der Waals surface area (Å²) in [6.45, 7) is 1.72. The van der Waals surface area contributed by atoms with Crippen LogP contribution < -0.4 is 0 Å². The van der Waals surface area contributed by atoms with Crippen LogP contribution in [0.5, 0.6) is 0 Å². The minimum Gasteiger partial charge on any atom is -0.478 e. The number of aromatic carboxylic acids is 1. The standard InChI is InChI=1S/C13H17NO5S2/c1-8(13(4-5-13)21(3,18)19)14(2)11(15)10-6-9(7-20-10)12(16)17/h6-8H,4-5H2,1-3H3,(H,16,17). The van der Waals surface area contributed by atoms with Gasteiger partial charge in [0.1, 0.15) is 0 Å². The van der Waals surface area contributed by atoms with E-state index in [9.17, 15) is 18.0 Å². The SMILES string of the molecule is CC(N(C)C(=O)c1cc(C(=O)O)cs1)C1(S(C)(=O)=O)CC1. The normalized spacial score (nSPS) is 18.0. The Morgan fingerprint density at radius 2 is 2.00 bits per heavy atom. The van der Waals surface area contributed by atoms with Crippen LogP contribution in [-0.4, -0.2) is 54.4 Å². The number of hydrogen-bond donors (Lipinski definition) is 1. The molecule has 0 spiro atoms. The van der Waals surface area contributed by atoms with Gasteiger partial charge in [-0.15, -0.1) is 11.3 Å². The summed E-state index contributed by atoms with van der Waals surface area (Å²) in [5.74, 6) is -1.44. The molecular weight excluding hydrogens is 314 g/mol. The first-order valence-corrected chi connectivity index (χ1v) is 9.16. The Hall–Kier alpha value is -1.41. The molecule has 0 bridgehead atoms. The molecule has 0 aliphatic heterocycles. The van der Waals surface area contributed by atoms with Gasteiger partial charge in [0, 0.05) is 24.7 Å². The fraction of sp³-hybridized carbons (Fsp3) is 0.538. The second-order valence-corrected chi connectivity index (χ2v) is 8.70. The lowest BCUT2D eigenvalue weighted by molar-refractivity contribution is 0.0697. The number of carboxylic acids is 1. The van der Waals surface area contributed by atoms with Gasteiger partial charge < -0.3 is 10.0 Å². The molecule has 116 valence electrons. The van der Waals surface area contributed by atoms with Crippen molar-refractivity contribution in [3.8, 4) is 0 Å². The average Bonchev–Trinajstić information content (AvgIpc) is 3.07. The third-order valence-electron chi connectivity index (χ3n) is 4.20. The van der Waals surface area contributed by atoms with Crippen molar-refractivity contribution in [1.29, 1.82) is 0 Å². The molecule has 1 aliphatic carbocycles. The zero-order valence-corrected chi connectivity index (χ0v) is 13.6. The Morgan fingerprint density at radius 1 is 1.43 bits per heavy atom. The van der Waals surface area contributed by atoms with Crippen LogP contribution in [0.2, 0.25) is 0 Å². The summed E-state index contributed by atoms with van der Waals surface area (Å²) in [5, 5.41) is 10.3. The number of carboxylic acid groups (broad SMARTS) is 1. The highest BCUT2D eigenvalue weighted by Gasteiger charge is 2.57. The van der Waals surface area contributed by atoms with Crippen molar-refractivity contribution in [2.24, 2.45) is 0 Å². The molecule has 1 N–H and O–H groups in total. The summed E-state index contributed by atoms with van der Waals surface area (Å²) in [6, 6.07) is 0.869. The molecule has 1 aromatic rings. The molecule has 1 saturated carbocycles. The third kappa shape index (κ3) is 2.69. The summed E-state index contributed by atoms with van der Waals surface area (Å²) in [4.78, 5) is 24.9. The fourth-order valence-electron chi connectivity index (χ4n) is 2.48. The van der Waals surface area contributed by atoms with Gasteiger partial charge in [0.2, 0.25) is 0 Å². The Bertz CT molecular complexity index is 687. The van der Waals surface area contributed by atoms with Crippen molar-refractivity contribution >= 4 is 33.1 Å².